The standard InChI is InChI=1S/C11H11N3O2/c1-16-11(15)9-7-14(13-10(9)12)8-5-3-2-4-6-8/h2-7H,1H3,(H2,12,13). The number of nitrogen functional groups attached to an aromatic ring is 1. The minimum absolute atomic E-state index is 0.163. The molecule has 0 aliphatic rings. The zero-order valence-electron chi connectivity index (χ0n) is 8.75. The van der Waals surface area contributed by atoms with Crippen LogP contribution in [-0.4, -0.2) is 22.9 Å². The summed E-state index contributed by atoms with van der Waals surface area (Å²) in [6.45, 7) is 0. The van der Waals surface area contributed by atoms with Crippen LogP contribution in [0.5, 0.6) is 0 Å². The topological polar surface area (TPSA) is 70.1 Å². The number of carbonyl (C=O) groups excluding carboxylic acids is 1. The lowest BCUT2D eigenvalue weighted by Crippen LogP contribution is -2.02. The molecule has 1 aromatic carbocycles. The molecule has 0 aliphatic heterocycles. The van der Waals surface area contributed by atoms with Gasteiger partial charge < -0.3 is 10.5 Å². The molecule has 5 nitrogen and oxygen atoms in total. The van der Waals surface area contributed by atoms with E-state index in [9.17, 15) is 4.79 Å². The highest BCUT2D eigenvalue weighted by atomic mass is 16.5. The van der Waals surface area contributed by atoms with Crippen LogP contribution in [0.4, 0.5) is 5.82 Å². The van der Waals surface area contributed by atoms with Crippen LogP contribution in [0, 0.1) is 0 Å². The number of hydrogen-bond acceptors (Lipinski definition) is 4. The first-order valence-corrected chi connectivity index (χ1v) is 4.71. The van der Waals surface area contributed by atoms with E-state index in [0.29, 0.717) is 0 Å². The molecule has 0 aliphatic carbocycles. The molecular formula is C11H11N3O2. The number of carbonyl (C=O) groups is 1. The zero-order chi connectivity index (χ0) is 11.5. The van der Waals surface area contributed by atoms with E-state index in [4.69, 9.17) is 5.73 Å². The number of esters is 1. The second kappa shape index (κ2) is 4.06. The highest BCUT2D eigenvalue weighted by molar-refractivity contribution is 5.93. The van der Waals surface area contributed by atoms with Crippen molar-refractivity contribution in [2.45, 2.75) is 0 Å². The predicted octanol–water partition coefficient (Wildman–Crippen LogP) is 1.24. The highest BCUT2D eigenvalue weighted by Gasteiger charge is 2.14. The fraction of sp³-hybridized carbons (Fsp3) is 0.0909. The van der Waals surface area contributed by atoms with Crippen LogP contribution in [0.3, 0.4) is 0 Å². The fourth-order valence-electron chi connectivity index (χ4n) is 1.37. The summed E-state index contributed by atoms with van der Waals surface area (Å²) in [5.41, 5.74) is 6.73. The molecule has 16 heavy (non-hydrogen) atoms. The lowest BCUT2D eigenvalue weighted by Gasteiger charge is -1.98. The third-order valence-electron chi connectivity index (χ3n) is 2.17. The van der Waals surface area contributed by atoms with Crippen molar-refractivity contribution in [3.05, 3.63) is 42.1 Å². The van der Waals surface area contributed by atoms with E-state index in [-0.39, 0.29) is 11.4 Å². The third kappa shape index (κ3) is 1.75. The predicted molar refractivity (Wildman–Crippen MR) is 59.3 cm³/mol. The van der Waals surface area contributed by atoms with Gasteiger partial charge in [-0.1, -0.05) is 18.2 Å². The number of nitrogens with two attached hydrogens (primary N) is 1. The van der Waals surface area contributed by atoms with Crippen molar-refractivity contribution in [1.29, 1.82) is 0 Å². The monoisotopic (exact) mass is 217 g/mol. The van der Waals surface area contributed by atoms with Gasteiger partial charge in [-0.3, -0.25) is 0 Å². The lowest BCUT2D eigenvalue weighted by atomic mass is 10.3. The average Bonchev–Trinajstić information content (AvgIpc) is 2.71. The Kier molecular flexibility index (Phi) is 2.59. The highest BCUT2D eigenvalue weighted by Crippen LogP contribution is 2.14. The smallest absolute Gasteiger partial charge is 0.343 e. The molecule has 2 rings (SSSR count). The Morgan fingerprint density at radius 3 is 2.69 bits per heavy atom. The van der Waals surface area contributed by atoms with Crippen molar-refractivity contribution in [3.63, 3.8) is 0 Å². The van der Waals surface area contributed by atoms with Crippen LogP contribution < -0.4 is 5.73 Å². The molecule has 0 saturated heterocycles. The molecule has 82 valence electrons. The molecule has 2 N–H and O–H groups in total. The quantitative estimate of drug-likeness (QED) is 0.768. The molecule has 0 unspecified atom stereocenters. The summed E-state index contributed by atoms with van der Waals surface area (Å²) in [5, 5.41) is 4.04. The van der Waals surface area contributed by atoms with Gasteiger partial charge in [0, 0.05) is 6.20 Å². The van der Waals surface area contributed by atoms with Gasteiger partial charge >= 0.3 is 5.97 Å². The summed E-state index contributed by atoms with van der Waals surface area (Å²) in [6.07, 6.45) is 1.55. The maximum atomic E-state index is 11.3. The summed E-state index contributed by atoms with van der Waals surface area (Å²) in [5.74, 6) is -0.324. The molecule has 0 bridgehead atoms. The van der Waals surface area contributed by atoms with Gasteiger partial charge in [-0.05, 0) is 12.1 Å². The molecule has 0 amide bonds. The third-order valence-corrected chi connectivity index (χ3v) is 2.17. The Bertz CT molecular complexity index is 505. The normalized spacial score (nSPS) is 10.1. The van der Waals surface area contributed by atoms with Crippen LogP contribution in [0.25, 0.3) is 5.69 Å². The number of methoxy groups -OCH3 is 1. The van der Waals surface area contributed by atoms with Gasteiger partial charge in [-0.2, -0.15) is 0 Å². The second-order valence-electron chi connectivity index (χ2n) is 3.20. The molecule has 1 aromatic heterocycles. The fourth-order valence-corrected chi connectivity index (χ4v) is 1.37. The Balaban J connectivity index is 2.42. The molecule has 0 saturated carbocycles. The van der Waals surface area contributed by atoms with Gasteiger partial charge in [0.1, 0.15) is 5.56 Å². The maximum absolute atomic E-state index is 11.3. The SMILES string of the molecule is COC(=O)c1cn(-c2ccccc2)nc1N. The molecule has 5 heteroatoms. The van der Waals surface area contributed by atoms with Crippen LogP contribution in [-0.2, 0) is 4.74 Å². The number of para-hydroxylation sites is 1. The van der Waals surface area contributed by atoms with E-state index in [2.05, 4.69) is 9.84 Å². The van der Waals surface area contributed by atoms with E-state index < -0.39 is 5.97 Å². The average molecular weight is 217 g/mol. The number of aromatic nitrogens is 2. The minimum atomic E-state index is -0.486. The van der Waals surface area contributed by atoms with E-state index >= 15 is 0 Å². The molecule has 0 radical (unpaired) electrons. The first kappa shape index (κ1) is 10.2. The number of anilines is 1. The van der Waals surface area contributed by atoms with Crippen LogP contribution in [0.15, 0.2) is 36.5 Å². The van der Waals surface area contributed by atoms with Crippen molar-refractivity contribution < 1.29 is 9.53 Å². The molecule has 0 atom stereocenters. The Labute approximate surface area is 92.4 Å². The first-order valence-electron chi connectivity index (χ1n) is 4.71. The summed E-state index contributed by atoms with van der Waals surface area (Å²) in [6, 6.07) is 9.40. The van der Waals surface area contributed by atoms with Crippen molar-refractivity contribution in [1.82, 2.24) is 9.78 Å². The number of rotatable bonds is 2. The summed E-state index contributed by atoms with van der Waals surface area (Å²) in [7, 11) is 1.31. The van der Waals surface area contributed by atoms with Gasteiger partial charge in [0.05, 0.1) is 12.8 Å². The number of hydrogen-bond donors (Lipinski definition) is 1. The molecule has 1 heterocycles. The lowest BCUT2D eigenvalue weighted by molar-refractivity contribution is 0.0602. The van der Waals surface area contributed by atoms with Crippen LogP contribution in [0.1, 0.15) is 10.4 Å². The van der Waals surface area contributed by atoms with Crippen molar-refractivity contribution in [2.75, 3.05) is 12.8 Å². The largest absolute Gasteiger partial charge is 0.465 e. The van der Waals surface area contributed by atoms with E-state index in [1.807, 2.05) is 30.3 Å². The Morgan fingerprint density at radius 1 is 1.38 bits per heavy atom. The van der Waals surface area contributed by atoms with Gasteiger partial charge in [0.25, 0.3) is 0 Å². The Morgan fingerprint density at radius 2 is 2.06 bits per heavy atom. The zero-order valence-corrected chi connectivity index (χ0v) is 8.75. The summed E-state index contributed by atoms with van der Waals surface area (Å²) >= 11 is 0. The van der Waals surface area contributed by atoms with Crippen molar-refractivity contribution >= 4 is 11.8 Å². The van der Waals surface area contributed by atoms with E-state index in [1.165, 1.54) is 7.11 Å². The van der Waals surface area contributed by atoms with Crippen LogP contribution >= 0.6 is 0 Å². The number of nitrogens with zero attached hydrogens (tertiary/aromatic N) is 2. The van der Waals surface area contributed by atoms with Gasteiger partial charge in [0.15, 0.2) is 5.82 Å². The summed E-state index contributed by atoms with van der Waals surface area (Å²) in [4.78, 5) is 11.3. The van der Waals surface area contributed by atoms with Gasteiger partial charge in [-0.15, -0.1) is 5.10 Å². The molecule has 0 spiro atoms. The second-order valence-corrected chi connectivity index (χ2v) is 3.20. The van der Waals surface area contributed by atoms with Gasteiger partial charge in [-0.25, -0.2) is 9.48 Å². The van der Waals surface area contributed by atoms with E-state index in [0.717, 1.165) is 5.69 Å². The molecule has 0 fully saturated rings. The van der Waals surface area contributed by atoms with Gasteiger partial charge in [0.2, 0.25) is 0 Å². The Hall–Kier alpha value is -2.30. The number of ether oxygens (including phenoxy) is 1. The minimum Gasteiger partial charge on any atom is -0.465 e. The molecular weight excluding hydrogens is 206 g/mol. The molecule has 2 aromatic rings. The van der Waals surface area contributed by atoms with E-state index in [1.54, 1.807) is 10.9 Å². The summed E-state index contributed by atoms with van der Waals surface area (Å²) < 4.78 is 6.14. The van der Waals surface area contributed by atoms with Crippen molar-refractivity contribution in [2.24, 2.45) is 0 Å². The maximum Gasteiger partial charge on any atom is 0.343 e. The van der Waals surface area contributed by atoms with Crippen molar-refractivity contribution in [3.8, 4) is 5.69 Å². The number of benzene rings is 1. The first-order chi connectivity index (χ1) is 7.72. The van der Waals surface area contributed by atoms with Crippen LogP contribution in [0.2, 0.25) is 0 Å².